The van der Waals surface area contributed by atoms with E-state index in [9.17, 15) is 4.79 Å². The molecule has 146 valence electrons. The molecule has 0 saturated heterocycles. The molecule has 3 aromatic rings. The third kappa shape index (κ3) is 3.81. The molecule has 0 aliphatic rings. The summed E-state index contributed by atoms with van der Waals surface area (Å²) in [6.07, 6.45) is 3.23. The number of hydrogen-bond donors (Lipinski definition) is 1. The van der Waals surface area contributed by atoms with Crippen molar-refractivity contribution in [2.24, 2.45) is 0 Å². The van der Waals surface area contributed by atoms with Crippen LogP contribution in [-0.2, 0) is 4.79 Å². The Kier molecular flexibility index (Phi) is 5.59. The van der Waals surface area contributed by atoms with Gasteiger partial charge in [-0.2, -0.15) is 0 Å². The SMILES string of the molecule is COc1ccc(OC)c(NC(=O)/C=C(\C)c2cc3c(C)coc3cc2OC)c1. The topological polar surface area (TPSA) is 69.9 Å². The van der Waals surface area contributed by atoms with Crippen LogP contribution in [0.1, 0.15) is 18.1 Å². The van der Waals surface area contributed by atoms with Crippen LogP contribution in [0.3, 0.4) is 0 Å². The van der Waals surface area contributed by atoms with E-state index >= 15 is 0 Å². The molecule has 2 aromatic carbocycles. The minimum absolute atomic E-state index is 0.282. The molecule has 28 heavy (non-hydrogen) atoms. The summed E-state index contributed by atoms with van der Waals surface area (Å²) in [6, 6.07) is 9.02. The number of rotatable bonds is 6. The lowest BCUT2D eigenvalue weighted by atomic mass is 10.0. The number of benzene rings is 2. The standard InChI is InChI=1S/C22H23NO5/c1-13(16-10-17-14(2)12-28-21(17)11-20(16)27-5)8-22(24)23-18-9-15(25-3)6-7-19(18)26-4/h6-12H,1-5H3,(H,23,24)/b13-8+. The first kappa shape index (κ1) is 19.4. The van der Waals surface area contributed by atoms with Crippen LogP contribution in [-0.4, -0.2) is 27.2 Å². The molecule has 0 saturated carbocycles. The van der Waals surface area contributed by atoms with Crippen LogP contribution in [0, 0.1) is 6.92 Å². The maximum atomic E-state index is 12.6. The van der Waals surface area contributed by atoms with Gasteiger partial charge in [-0.3, -0.25) is 4.79 Å². The molecule has 6 heteroatoms. The Hall–Kier alpha value is -3.41. The highest BCUT2D eigenvalue weighted by atomic mass is 16.5. The number of fused-ring (bicyclic) bond motifs is 1. The molecule has 0 atom stereocenters. The molecule has 1 heterocycles. The molecule has 1 amide bonds. The summed E-state index contributed by atoms with van der Waals surface area (Å²) in [5, 5.41) is 3.82. The first-order chi connectivity index (χ1) is 13.5. The fourth-order valence-electron chi connectivity index (χ4n) is 3.01. The zero-order valence-electron chi connectivity index (χ0n) is 16.6. The van der Waals surface area contributed by atoms with Gasteiger partial charge in [-0.1, -0.05) is 0 Å². The summed E-state index contributed by atoms with van der Waals surface area (Å²) in [5.41, 5.74) is 3.89. The van der Waals surface area contributed by atoms with Crippen molar-refractivity contribution < 1.29 is 23.4 Å². The largest absolute Gasteiger partial charge is 0.497 e. The molecule has 3 rings (SSSR count). The van der Waals surface area contributed by atoms with Gasteiger partial charge in [0.1, 0.15) is 22.8 Å². The van der Waals surface area contributed by atoms with E-state index < -0.39 is 0 Å². The smallest absolute Gasteiger partial charge is 0.248 e. The van der Waals surface area contributed by atoms with E-state index in [1.54, 1.807) is 45.8 Å². The third-order valence-corrected chi connectivity index (χ3v) is 4.53. The third-order valence-electron chi connectivity index (χ3n) is 4.53. The second-order valence-electron chi connectivity index (χ2n) is 6.35. The number of nitrogens with one attached hydrogen (secondary N) is 1. The number of amides is 1. The van der Waals surface area contributed by atoms with Gasteiger partial charge in [-0.25, -0.2) is 0 Å². The zero-order valence-corrected chi connectivity index (χ0v) is 16.6. The fraction of sp³-hybridized carbons (Fsp3) is 0.227. The maximum Gasteiger partial charge on any atom is 0.248 e. The summed E-state index contributed by atoms with van der Waals surface area (Å²) in [4.78, 5) is 12.6. The Morgan fingerprint density at radius 3 is 2.46 bits per heavy atom. The predicted octanol–water partition coefficient (Wildman–Crippen LogP) is 4.81. The van der Waals surface area contributed by atoms with E-state index in [0.29, 0.717) is 22.9 Å². The summed E-state index contributed by atoms with van der Waals surface area (Å²) in [5.74, 6) is 1.53. The Morgan fingerprint density at radius 2 is 1.79 bits per heavy atom. The minimum atomic E-state index is -0.282. The molecule has 0 spiro atoms. The van der Waals surface area contributed by atoms with Gasteiger partial charge in [0.15, 0.2) is 0 Å². The summed E-state index contributed by atoms with van der Waals surface area (Å²) in [7, 11) is 4.71. The molecule has 0 unspecified atom stereocenters. The normalized spacial score (nSPS) is 11.4. The molecule has 0 radical (unpaired) electrons. The molecule has 0 aliphatic heterocycles. The number of carbonyl (C=O) groups is 1. The van der Waals surface area contributed by atoms with E-state index in [-0.39, 0.29) is 5.91 Å². The molecule has 1 aromatic heterocycles. The van der Waals surface area contributed by atoms with Crippen LogP contribution >= 0.6 is 0 Å². The number of hydrogen-bond acceptors (Lipinski definition) is 5. The molecule has 0 fully saturated rings. The average molecular weight is 381 g/mol. The summed E-state index contributed by atoms with van der Waals surface area (Å²) in [6.45, 7) is 3.84. The van der Waals surface area contributed by atoms with Crippen LogP contribution in [0.4, 0.5) is 5.69 Å². The maximum absolute atomic E-state index is 12.6. The minimum Gasteiger partial charge on any atom is -0.497 e. The first-order valence-electron chi connectivity index (χ1n) is 8.74. The second-order valence-corrected chi connectivity index (χ2v) is 6.35. The van der Waals surface area contributed by atoms with Crippen molar-refractivity contribution in [3.8, 4) is 17.2 Å². The molecule has 6 nitrogen and oxygen atoms in total. The van der Waals surface area contributed by atoms with Gasteiger partial charge in [0.05, 0.1) is 33.3 Å². The average Bonchev–Trinajstić information content (AvgIpc) is 3.06. The van der Waals surface area contributed by atoms with Crippen molar-refractivity contribution in [2.45, 2.75) is 13.8 Å². The number of ether oxygens (including phenoxy) is 3. The van der Waals surface area contributed by atoms with Crippen LogP contribution in [0.2, 0.25) is 0 Å². The lowest BCUT2D eigenvalue weighted by Gasteiger charge is -2.12. The van der Waals surface area contributed by atoms with Crippen LogP contribution in [0.5, 0.6) is 17.2 Å². The van der Waals surface area contributed by atoms with Crippen molar-refractivity contribution in [1.82, 2.24) is 0 Å². The van der Waals surface area contributed by atoms with Gasteiger partial charge >= 0.3 is 0 Å². The second kappa shape index (κ2) is 8.08. The molecule has 1 N–H and O–H groups in total. The summed E-state index contributed by atoms with van der Waals surface area (Å²) >= 11 is 0. The van der Waals surface area contributed by atoms with Gasteiger partial charge in [0.2, 0.25) is 5.91 Å². The Balaban J connectivity index is 1.92. The zero-order chi connectivity index (χ0) is 20.3. The molecular formula is C22H23NO5. The number of furan rings is 1. The highest BCUT2D eigenvalue weighted by Crippen LogP contribution is 2.34. The Morgan fingerprint density at radius 1 is 1.04 bits per heavy atom. The molecule has 0 aliphatic carbocycles. The van der Waals surface area contributed by atoms with Crippen molar-refractivity contribution in [1.29, 1.82) is 0 Å². The number of methoxy groups -OCH3 is 3. The number of aryl methyl sites for hydroxylation is 1. The van der Waals surface area contributed by atoms with Crippen molar-refractivity contribution >= 4 is 28.1 Å². The number of carbonyl (C=O) groups excluding carboxylic acids is 1. The molecule has 0 bridgehead atoms. The Labute approximate surface area is 163 Å². The van der Waals surface area contributed by atoms with Crippen molar-refractivity contribution in [3.05, 3.63) is 53.8 Å². The number of allylic oxidation sites excluding steroid dienone is 1. The predicted molar refractivity (Wildman–Crippen MR) is 109 cm³/mol. The van der Waals surface area contributed by atoms with Gasteiger partial charge in [0.25, 0.3) is 0 Å². The van der Waals surface area contributed by atoms with Crippen LogP contribution in [0.25, 0.3) is 16.5 Å². The lowest BCUT2D eigenvalue weighted by Crippen LogP contribution is -2.10. The van der Waals surface area contributed by atoms with E-state index in [4.69, 9.17) is 18.6 Å². The van der Waals surface area contributed by atoms with Crippen LogP contribution in [0.15, 0.2) is 47.1 Å². The van der Waals surface area contributed by atoms with Gasteiger partial charge in [-0.05, 0) is 43.2 Å². The van der Waals surface area contributed by atoms with E-state index in [1.807, 2.05) is 26.0 Å². The van der Waals surface area contributed by atoms with E-state index in [2.05, 4.69) is 5.32 Å². The van der Waals surface area contributed by atoms with Gasteiger partial charge < -0.3 is 23.9 Å². The quantitative estimate of drug-likeness (QED) is 0.621. The van der Waals surface area contributed by atoms with E-state index in [0.717, 1.165) is 27.7 Å². The summed E-state index contributed by atoms with van der Waals surface area (Å²) < 4.78 is 21.5. The monoisotopic (exact) mass is 381 g/mol. The fourth-order valence-corrected chi connectivity index (χ4v) is 3.01. The Bertz CT molecular complexity index is 1050. The highest BCUT2D eigenvalue weighted by Gasteiger charge is 2.13. The first-order valence-corrected chi connectivity index (χ1v) is 8.74. The molecular weight excluding hydrogens is 358 g/mol. The van der Waals surface area contributed by atoms with Gasteiger partial charge in [-0.15, -0.1) is 0 Å². The van der Waals surface area contributed by atoms with Crippen molar-refractivity contribution in [2.75, 3.05) is 26.6 Å². The van der Waals surface area contributed by atoms with Crippen LogP contribution < -0.4 is 19.5 Å². The van der Waals surface area contributed by atoms with Crippen molar-refractivity contribution in [3.63, 3.8) is 0 Å². The van der Waals surface area contributed by atoms with E-state index in [1.165, 1.54) is 6.08 Å². The number of anilines is 1. The lowest BCUT2D eigenvalue weighted by molar-refractivity contribution is -0.111. The highest BCUT2D eigenvalue weighted by molar-refractivity contribution is 6.05. The van der Waals surface area contributed by atoms with Gasteiger partial charge in [0, 0.05) is 29.2 Å².